The van der Waals surface area contributed by atoms with Gasteiger partial charge in [-0.15, -0.1) is 0 Å². The molecular formula is C33H43N5O5. The van der Waals surface area contributed by atoms with Gasteiger partial charge in [-0.2, -0.15) is 0 Å². The van der Waals surface area contributed by atoms with Crippen LogP contribution in [0.3, 0.4) is 0 Å². The molecule has 0 radical (unpaired) electrons. The highest BCUT2D eigenvalue weighted by Gasteiger charge is 2.69. The Kier molecular flexibility index (Phi) is 7.77. The van der Waals surface area contributed by atoms with E-state index in [1.807, 2.05) is 45.9 Å². The summed E-state index contributed by atoms with van der Waals surface area (Å²) in [6.45, 7) is 16.3. The van der Waals surface area contributed by atoms with E-state index in [1.165, 1.54) is 0 Å². The molecule has 1 aliphatic carbocycles. The minimum absolute atomic E-state index is 0.0845. The maximum absolute atomic E-state index is 14.3. The molecule has 43 heavy (non-hydrogen) atoms. The van der Waals surface area contributed by atoms with Crippen LogP contribution in [0.15, 0.2) is 36.9 Å². The summed E-state index contributed by atoms with van der Waals surface area (Å²) >= 11 is 0. The van der Waals surface area contributed by atoms with Gasteiger partial charge in [0.05, 0.1) is 6.04 Å². The molecule has 1 aromatic carbocycles. The van der Waals surface area contributed by atoms with Crippen molar-refractivity contribution in [2.75, 3.05) is 13.1 Å². The lowest BCUT2D eigenvalue weighted by atomic mass is 9.85. The number of benzene rings is 1. The summed E-state index contributed by atoms with van der Waals surface area (Å²) in [5, 5.41) is 9.54. The maximum atomic E-state index is 14.3. The summed E-state index contributed by atoms with van der Waals surface area (Å²) in [6, 6.07) is 4.95. The minimum atomic E-state index is -0.916. The molecule has 10 heteroatoms. The van der Waals surface area contributed by atoms with Crippen LogP contribution in [0.5, 0.6) is 0 Å². The van der Waals surface area contributed by atoms with Crippen LogP contribution in [-0.2, 0) is 19.2 Å². The summed E-state index contributed by atoms with van der Waals surface area (Å²) in [7, 11) is 0. The Bertz CT molecular complexity index is 1500. The molecule has 6 atom stereocenters. The molecule has 2 saturated heterocycles. The molecule has 2 aliphatic heterocycles. The molecule has 230 valence electrons. The number of aromatic nitrogens is 1. The van der Waals surface area contributed by atoms with Gasteiger partial charge in [0, 0.05) is 29.9 Å². The summed E-state index contributed by atoms with van der Waals surface area (Å²) in [5.41, 5.74) is 1.42. The number of likely N-dealkylation sites (tertiary alicyclic amines) is 1. The van der Waals surface area contributed by atoms with Crippen molar-refractivity contribution in [1.29, 1.82) is 0 Å². The number of hydrogen-bond donors (Lipinski definition) is 4. The van der Waals surface area contributed by atoms with Gasteiger partial charge in [0.2, 0.25) is 17.7 Å². The fourth-order valence-electron chi connectivity index (χ4n) is 7.07. The molecule has 1 unspecified atom stereocenters. The van der Waals surface area contributed by atoms with Gasteiger partial charge in [0.15, 0.2) is 5.78 Å². The van der Waals surface area contributed by atoms with E-state index in [1.54, 1.807) is 11.0 Å². The van der Waals surface area contributed by atoms with Crippen LogP contribution < -0.4 is 16.0 Å². The van der Waals surface area contributed by atoms with Gasteiger partial charge in [-0.1, -0.05) is 53.3 Å². The van der Waals surface area contributed by atoms with Crippen LogP contribution in [0.4, 0.5) is 0 Å². The lowest BCUT2D eigenvalue weighted by Gasteiger charge is -2.38. The standard InChI is InChI=1S/C33H43N5O5/c1-8-24(39)22(14-18-12-13-34-28(18)40)36-30(42)26-25-20(33(25,6)7)16-38(26)31(43)27(32(3,4)5)37-29(41)23-15-19-17(2)10-9-11-21(19)35-23/h8-11,15,18,20,22,25-27,35H,1,12-14,16H2,2-7H3,(H,34,40)(H,36,42)(H,37,41)/t18-,20-,22?,25-,26-,27+/m0/s1. The smallest absolute Gasteiger partial charge is 0.268 e. The third kappa shape index (κ3) is 5.59. The van der Waals surface area contributed by atoms with Crippen LogP contribution >= 0.6 is 0 Å². The van der Waals surface area contributed by atoms with E-state index < -0.39 is 35.4 Å². The van der Waals surface area contributed by atoms with Crippen molar-refractivity contribution < 1.29 is 24.0 Å². The highest BCUT2D eigenvalue weighted by Crippen LogP contribution is 2.65. The van der Waals surface area contributed by atoms with Gasteiger partial charge < -0.3 is 25.8 Å². The number of nitrogens with zero attached hydrogens (tertiary/aromatic N) is 1. The van der Waals surface area contributed by atoms with Crippen LogP contribution in [0.25, 0.3) is 10.9 Å². The number of fused-ring (bicyclic) bond motifs is 2. The molecule has 2 aromatic rings. The molecule has 1 saturated carbocycles. The van der Waals surface area contributed by atoms with Gasteiger partial charge in [-0.25, -0.2) is 0 Å². The molecule has 0 spiro atoms. The largest absolute Gasteiger partial charge is 0.356 e. The van der Waals surface area contributed by atoms with Crippen molar-refractivity contribution in [3.8, 4) is 0 Å². The van der Waals surface area contributed by atoms with Crippen molar-refractivity contribution in [3.05, 3.63) is 48.2 Å². The number of carbonyl (C=O) groups is 5. The molecule has 1 aromatic heterocycles. The Morgan fingerprint density at radius 3 is 2.51 bits per heavy atom. The number of rotatable bonds is 9. The zero-order valence-corrected chi connectivity index (χ0v) is 25.9. The molecular weight excluding hydrogens is 546 g/mol. The number of aromatic amines is 1. The van der Waals surface area contributed by atoms with Gasteiger partial charge in [0.25, 0.3) is 5.91 Å². The first kappa shape index (κ1) is 30.5. The van der Waals surface area contributed by atoms with Gasteiger partial charge in [-0.05, 0) is 66.2 Å². The van der Waals surface area contributed by atoms with Crippen LogP contribution in [0.2, 0.25) is 0 Å². The number of amides is 4. The predicted molar refractivity (Wildman–Crippen MR) is 163 cm³/mol. The lowest BCUT2D eigenvalue weighted by Crippen LogP contribution is -2.60. The first-order valence-electron chi connectivity index (χ1n) is 15.1. The van der Waals surface area contributed by atoms with Crippen molar-refractivity contribution in [2.45, 2.75) is 72.5 Å². The average Bonchev–Trinajstić information content (AvgIpc) is 3.46. The lowest BCUT2D eigenvalue weighted by molar-refractivity contribution is -0.144. The second kappa shape index (κ2) is 11.0. The Morgan fingerprint density at radius 2 is 1.91 bits per heavy atom. The summed E-state index contributed by atoms with van der Waals surface area (Å²) in [4.78, 5) is 71.4. The number of aryl methyl sites for hydroxylation is 1. The number of nitrogens with one attached hydrogen (secondary N) is 4. The van der Waals surface area contributed by atoms with E-state index in [-0.39, 0.29) is 47.2 Å². The second-order valence-electron chi connectivity index (χ2n) is 14.1. The van der Waals surface area contributed by atoms with E-state index in [2.05, 4.69) is 41.4 Å². The maximum Gasteiger partial charge on any atom is 0.268 e. The number of piperidine rings is 1. The monoisotopic (exact) mass is 589 g/mol. The third-order valence-corrected chi connectivity index (χ3v) is 9.82. The zero-order chi connectivity index (χ0) is 31.4. The van der Waals surface area contributed by atoms with E-state index in [0.717, 1.165) is 22.5 Å². The molecule has 5 rings (SSSR count). The summed E-state index contributed by atoms with van der Waals surface area (Å²) in [6.07, 6.45) is 1.92. The Morgan fingerprint density at radius 1 is 1.19 bits per heavy atom. The fourth-order valence-corrected chi connectivity index (χ4v) is 7.07. The number of H-pyrrole nitrogens is 1. The fraction of sp³-hybridized carbons (Fsp3) is 0.545. The summed E-state index contributed by atoms with van der Waals surface area (Å²) in [5.74, 6) is -2.01. The van der Waals surface area contributed by atoms with E-state index in [4.69, 9.17) is 0 Å². The number of hydrogen-bond acceptors (Lipinski definition) is 5. The highest BCUT2D eigenvalue weighted by atomic mass is 16.2. The Hall–Kier alpha value is -3.95. The Labute approximate surface area is 252 Å². The molecule has 4 N–H and O–H groups in total. The van der Waals surface area contributed by atoms with Crippen molar-refractivity contribution >= 4 is 40.3 Å². The third-order valence-electron chi connectivity index (χ3n) is 9.82. The van der Waals surface area contributed by atoms with E-state index in [9.17, 15) is 24.0 Å². The molecule has 3 aliphatic rings. The van der Waals surface area contributed by atoms with E-state index in [0.29, 0.717) is 25.2 Å². The van der Waals surface area contributed by atoms with Crippen LogP contribution in [0, 0.1) is 35.5 Å². The normalized spacial score (nSPS) is 25.4. The molecule has 3 fully saturated rings. The number of carbonyl (C=O) groups excluding carboxylic acids is 5. The first-order valence-corrected chi connectivity index (χ1v) is 15.1. The van der Waals surface area contributed by atoms with Crippen molar-refractivity contribution in [2.24, 2.45) is 28.6 Å². The molecule has 3 heterocycles. The predicted octanol–water partition coefficient (Wildman–Crippen LogP) is 2.87. The topological polar surface area (TPSA) is 140 Å². The summed E-state index contributed by atoms with van der Waals surface area (Å²) < 4.78 is 0. The molecule has 4 amide bonds. The SMILES string of the molecule is C=CC(=O)C(C[C@@H]1CCNC1=O)NC(=O)[C@@H]1[C@@H]2[C@H](CN1C(=O)[C@@H](NC(=O)c1cc3c(C)cccc3[nH]1)C(C)(C)C)C2(C)C. The van der Waals surface area contributed by atoms with Crippen molar-refractivity contribution in [3.63, 3.8) is 0 Å². The van der Waals surface area contributed by atoms with Gasteiger partial charge in [-0.3, -0.25) is 24.0 Å². The molecule has 0 bridgehead atoms. The van der Waals surface area contributed by atoms with Gasteiger partial charge >= 0.3 is 0 Å². The van der Waals surface area contributed by atoms with Crippen molar-refractivity contribution in [1.82, 2.24) is 25.8 Å². The second-order valence-corrected chi connectivity index (χ2v) is 14.1. The van der Waals surface area contributed by atoms with Crippen LogP contribution in [-0.4, -0.2) is 70.5 Å². The first-order chi connectivity index (χ1) is 20.1. The van der Waals surface area contributed by atoms with Gasteiger partial charge in [0.1, 0.15) is 17.8 Å². The van der Waals surface area contributed by atoms with Crippen LogP contribution in [0.1, 0.15) is 63.5 Å². The quantitative estimate of drug-likeness (QED) is 0.333. The molecule has 10 nitrogen and oxygen atoms in total. The minimum Gasteiger partial charge on any atom is -0.356 e. The zero-order valence-electron chi connectivity index (χ0n) is 25.9. The Balaban J connectivity index is 1.38. The van der Waals surface area contributed by atoms with E-state index >= 15 is 0 Å². The average molecular weight is 590 g/mol. The number of ketones is 1. The highest BCUT2D eigenvalue weighted by molar-refractivity contribution is 6.02.